The molecule has 0 saturated carbocycles. The molecule has 1 aromatic carbocycles. The lowest BCUT2D eigenvalue weighted by molar-refractivity contribution is -0.141. The zero-order chi connectivity index (χ0) is 15.1. The first-order chi connectivity index (χ1) is 9.97. The lowest BCUT2D eigenvalue weighted by Crippen LogP contribution is -2.44. The third-order valence-corrected chi connectivity index (χ3v) is 5.74. The highest BCUT2D eigenvalue weighted by atomic mass is 32.2. The Balaban J connectivity index is 1.97. The Kier molecular flexibility index (Phi) is 3.62. The van der Waals surface area contributed by atoms with Crippen molar-refractivity contribution in [3.8, 4) is 0 Å². The van der Waals surface area contributed by atoms with E-state index in [-0.39, 0.29) is 17.1 Å². The van der Waals surface area contributed by atoms with E-state index in [4.69, 9.17) is 0 Å². The van der Waals surface area contributed by atoms with Gasteiger partial charge >= 0.3 is 5.97 Å². The summed E-state index contributed by atoms with van der Waals surface area (Å²) >= 11 is 2.63. The van der Waals surface area contributed by atoms with Gasteiger partial charge in [0.1, 0.15) is 11.9 Å². The molecule has 3 rings (SSSR count). The number of thioether (sulfide) groups is 1. The number of carboxylic acid groups (broad SMARTS) is 1. The summed E-state index contributed by atoms with van der Waals surface area (Å²) in [6.45, 7) is 1.82. The van der Waals surface area contributed by atoms with Gasteiger partial charge in [-0.2, -0.15) is 0 Å². The highest BCUT2D eigenvalue weighted by Crippen LogP contribution is 2.33. The first-order valence-electron chi connectivity index (χ1n) is 6.33. The number of carbonyl (C=O) groups is 2. The molecule has 2 heterocycles. The molecule has 0 aliphatic carbocycles. The van der Waals surface area contributed by atoms with Gasteiger partial charge in [0.25, 0.3) is 5.91 Å². The number of halogens is 1. The molecule has 2 atom stereocenters. The second kappa shape index (κ2) is 5.31. The fraction of sp³-hybridized carbons (Fsp3) is 0.286. The monoisotopic (exact) mass is 325 g/mol. The van der Waals surface area contributed by atoms with E-state index >= 15 is 0 Å². The van der Waals surface area contributed by atoms with Crippen LogP contribution in [0, 0.1) is 5.82 Å². The van der Waals surface area contributed by atoms with Crippen molar-refractivity contribution in [1.82, 2.24) is 4.90 Å². The lowest BCUT2D eigenvalue weighted by Gasteiger charge is -2.24. The third kappa shape index (κ3) is 2.51. The molecule has 1 aliphatic rings. The van der Waals surface area contributed by atoms with Crippen LogP contribution < -0.4 is 0 Å². The molecule has 1 amide bonds. The Morgan fingerprint density at radius 3 is 2.86 bits per heavy atom. The molecule has 1 aliphatic heterocycles. The molecule has 21 heavy (non-hydrogen) atoms. The summed E-state index contributed by atoms with van der Waals surface area (Å²) in [7, 11) is 0. The number of fused-ring (bicyclic) bond motifs is 1. The number of hydrogen-bond donors (Lipinski definition) is 1. The molecule has 0 spiro atoms. The number of amides is 1. The molecule has 110 valence electrons. The number of nitrogens with zero attached hydrogens (tertiary/aromatic N) is 1. The zero-order valence-electron chi connectivity index (χ0n) is 11.1. The number of rotatable bonds is 2. The maximum Gasteiger partial charge on any atom is 0.327 e. The minimum atomic E-state index is -0.993. The van der Waals surface area contributed by atoms with Crippen molar-refractivity contribution in [1.29, 1.82) is 0 Å². The van der Waals surface area contributed by atoms with Gasteiger partial charge in [-0.15, -0.1) is 23.1 Å². The van der Waals surface area contributed by atoms with Crippen molar-refractivity contribution in [3.63, 3.8) is 0 Å². The summed E-state index contributed by atoms with van der Waals surface area (Å²) in [5, 5.41) is 9.83. The molecule has 1 saturated heterocycles. The van der Waals surface area contributed by atoms with Crippen LogP contribution in [-0.2, 0) is 4.79 Å². The molecule has 1 fully saturated rings. The highest BCUT2D eigenvalue weighted by Gasteiger charge is 2.40. The predicted octanol–water partition coefficient (Wildman–Crippen LogP) is 3.03. The maximum absolute atomic E-state index is 13.2. The number of aliphatic carboxylic acids is 1. The third-order valence-electron chi connectivity index (χ3n) is 3.44. The van der Waals surface area contributed by atoms with E-state index < -0.39 is 12.0 Å². The first-order valence-corrected chi connectivity index (χ1v) is 8.20. The van der Waals surface area contributed by atoms with Crippen molar-refractivity contribution < 1.29 is 19.1 Å². The first kappa shape index (κ1) is 14.3. The van der Waals surface area contributed by atoms with Crippen molar-refractivity contribution in [2.75, 3.05) is 5.75 Å². The van der Waals surface area contributed by atoms with Gasteiger partial charge in [-0.05, 0) is 30.5 Å². The van der Waals surface area contributed by atoms with Crippen LogP contribution in [0.1, 0.15) is 16.6 Å². The van der Waals surface area contributed by atoms with Gasteiger partial charge in [0.15, 0.2) is 0 Å². The van der Waals surface area contributed by atoms with Crippen LogP contribution >= 0.6 is 23.1 Å². The SMILES string of the molecule is CC1SCC(C(=O)O)N1C(=O)c1cc2ccc(F)cc2s1. The second-order valence-electron chi connectivity index (χ2n) is 4.79. The molecule has 4 nitrogen and oxygen atoms in total. The van der Waals surface area contributed by atoms with Crippen molar-refractivity contribution >= 4 is 45.1 Å². The normalized spacial score (nSPS) is 21.9. The van der Waals surface area contributed by atoms with Gasteiger partial charge in [0, 0.05) is 10.5 Å². The molecule has 2 unspecified atom stereocenters. The van der Waals surface area contributed by atoms with Gasteiger partial charge in [-0.25, -0.2) is 9.18 Å². The number of carbonyl (C=O) groups excluding carboxylic acids is 1. The summed E-state index contributed by atoms with van der Waals surface area (Å²) in [6.07, 6.45) is 0. The largest absolute Gasteiger partial charge is 0.480 e. The number of benzene rings is 1. The van der Waals surface area contributed by atoms with Crippen LogP contribution in [0.15, 0.2) is 24.3 Å². The van der Waals surface area contributed by atoms with Crippen LogP contribution in [0.25, 0.3) is 10.1 Å². The molecule has 2 aromatic rings. The van der Waals surface area contributed by atoms with Gasteiger partial charge in [-0.3, -0.25) is 4.79 Å². The zero-order valence-corrected chi connectivity index (χ0v) is 12.7. The molecule has 1 aromatic heterocycles. The Labute approximate surface area is 128 Å². The molecular formula is C14H12FNO3S2. The molecule has 0 radical (unpaired) electrons. The van der Waals surface area contributed by atoms with E-state index in [0.717, 1.165) is 5.39 Å². The van der Waals surface area contributed by atoms with Crippen molar-refractivity contribution in [2.24, 2.45) is 0 Å². The van der Waals surface area contributed by atoms with Crippen molar-refractivity contribution in [3.05, 3.63) is 35.0 Å². The average molecular weight is 325 g/mol. The van der Waals surface area contributed by atoms with Gasteiger partial charge in [0.2, 0.25) is 0 Å². The topological polar surface area (TPSA) is 57.6 Å². The molecule has 7 heteroatoms. The predicted molar refractivity (Wildman–Crippen MR) is 81.3 cm³/mol. The summed E-state index contributed by atoms with van der Waals surface area (Å²) in [5.41, 5.74) is 0. The highest BCUT2D eigenvalue weighted by molar-refractivity contribution is 8.00. The smallest absolute Gasteiger partial charge is 0.327 e. The molecule has 1 N–H and O–H groups in total. The van der Waals surface area contributed by atoms with Crippen molar-refractivity contribution in [2.45, 2.75) is 18.3 Å². The van der Waals surface area contributed by atoms with E-state index in [1.54, 1.807) is 12.1 Å². The summed E-state index contributed by atoms with van der Waals surface area (Å²) in [4.78, 5) is 25.7. The Bertz CT molecular complexity index is 730. The van der Waals surface area contributed by atoms with Crippen LogP contribution in [0.2, 0.25) is 0 Å². The Morgan fingerprint density at radius 1 is 1.38 bits per heavy atom. The Hall–Kier alpha value is -1.60. The quantitative estimate of drug-likeness (QED) is 0.922. The van der Waals surface area contributed by atoms with Gasteiger partial charge < -0.3 is 10.0 Å². The van der Waals surface area contributed by atoms with Crippen LogP contribution in [-0.4, -0.2) is 39.1 Å². The maximum atomic E-state index is 13.2. The van der Waals surface area contributed by atoms with E-state index in [1.807, 2.05) is 6.92 Å². The minimum absolute atomic E-state index is 0.180. The van der Waals surface area contributed by atoms with Crippen LogP contribution in [0.4, 0.5) is 4.39 Å². The molecular weight excluding hydrogens is 313 g/mol. The molecule has 0 bridgehead atoms. The second-order valence-corrected chi connectivity index (χ2v) is 7.22. The number of carboxylic acids is 1. The van der Waals surface area contributed by atoms with Gasteiger partial charge in [-0.1, -0.05) is 6.07 Å². The van der Waals surface area contributed by atoms with Crippen LogP contribution in [0.3, 0.4) is 0 Å². The van der Waals surface area contributed by atoms with E-state index in [0.29, 0.717) is 15.3 Å². The van der Waals surface area contributed by atoms with Crippen LogP contribution in [0.5, 0.6) is 0 Å². The van der Waals surface area contributed by atoms with E-state index in [9.17, 15) is 19.1 Å². The standard InChI is InChI=1S/C14H12FNO3S2/c1-7-16(10(6-20-7)14(18)19)13(17)12-4-8-2-3-9(15)5-11(8)21-12/h2-5,7,10H,6H2,1H3,(H,18,19). The average Bonchev–Trinajstić information content (AvgIpc) is 3.00. The lowest BCUT2D eigenvalue weighted by atomic mass is 10.2. The summed E-state index contributed by atoms with van der Waals surface area (Å²) in [5.74, 6) is -1.26. The van der Waals surface area contributed by atoms with E-state index in [1.165, 1.54) is 40.1 Å². The number of thiophene rings is 1. The number of hydrogen-bond acceptors (Lipinski definition) is 4. The fourth-order valence-electron chi connectivity index (χ4n) is 2.38. The summed E-state index contributed by atoms with van der Waals surface area (Å²) < 4.78 is 13.9. The fourth-order valence-corrected chi connectivity index (χ4v) is 4.58. The summed E-state index contributed by atoms with van der Waals surface area (Å²) in [6, 6.07) is 5.23. The van der Waals surface area contributed by atoms with E-state index in [2.05, 4.69) is 0 Å². The minimum Gasteiger partial charge on any atom is -0.480 e. The van der Waals surface area contributed by atoms with Gasteiger partial charge in [0.05, 0.1) is 10.3 Å². The Morgan fingerprint density at radius 2 is 2.14 bits per heavy atom.